The first-order valence-corrected chi connectivity index (χ1v) is 7.66. The maximum Gasteiger partial charge on any atom is 0.471 e. The van der Waals surface area contributed by atoms with Crippen LogP contribution in [-0.2, 0) is 9.59 Å². The standard InChI is InChI=1S/C14H22F3N3O2/c15-14(16,17)13(22)20-5-3-9(4-6-20)8-19-12(21)10-1-2-11(18)7-10/h9-11H,1-8,18H2,(H,19,21). The minimum Gasteiger partial charge on any atom is -0.356 e. The molecule has 1 saturated carbocycles. The number of nitrogens with zero attached hydrogens (tertiary/aromatic N) is 1. The summed E-state index contributed by atoms with van der Waals surface area (Å²) in [6, 6.07) is 0.0902. The first kappa shape index (κ1) is 17.1. The fraction of sp³-hybridized carbons (Fsp3) is 0.857. The monoisotopic (exact) mass is 321 g/mol. The number of nitrogens with two attached hydrogens (primary N) is 1. The van der Waals surface area contributed by atoms with Crippen molar-refractivity contribution in [3.63, 3.8) is 0 Å². The van der Waals surface area contributed by atoms with Gasteiger partial charge in [-0.1, -0.05) is 0 Å². The molecule has 0 aromatic heterocycles. The fourth-order valence-electron chi connectivity index (χ4n) is 3.16. The van der Waals surface area contributed by atoms with Gasteiger partial charge in [0, 0.05) is 31.6 Å². The van der Waals surface area contributed by atoms with Crippen LogP contribution in [0.2, 0.25) is 0 Å². The molecule has 0 bridgehead atoms. The van der Waals surface area contributed by atoms with Gasteiger partial charge in [0.2, 0.25) is 5.91 Å². The summed E-state index contributed by atoms with van der Waals surface area (Å²) in [5.74, 6) is -1.70. The SMILES string of the molecule is NC1CCC(C(=O)NCC2CCN(C(=O)C(F)(F)F)CC2)C1. The van der Waals surface area contributed by atoms with Crippen LogP contribution in [0.25, 0.3) is 0 Å². The highest BCUT2D eigenvalue weighted by Crippen LogP contribution is 2.25. The largest absolute Gasteiger partial charge is 0.471 e. The zero-order valence-electron chi connectivity index (χ0n) is 12.4. The second kappa shape index (κ2) is 6.85. The molecule has 0 radical (unpaired) electrons. The van der Waals surface area contributed by atoms with E-state index in [0.717, 1.165) is 17.7 Å². The van der Waals surface area contributed by atoms with E-state index in [1.165, 1.54) is 0 Å². The molecule has 1 aliphatic carbocycles. The first-order chi connectivity index (χ1) is 10.3. The summed E-state index contributed by atoms with van der Waals surface area (Å²) in [7, 11) is 0. The van der Waals surface area contributed by atoms with Crippen molar-refractivity contribution in [2.24, 2.45) is 17.6 Å². The molecule has 0 spiro atoms. The fourth-order valence-corrected chi connectivity index (χ4v) is 3.16. The van der Waals surface area contributed by atoms with Crippen molar-refractivity contribution in [1.82, 2.24) is 10.2 Å². The lowest BCUT2D eigenvalue weighted by atomic mass is 9.96. The van der Waals surface area contributed by atoms with Crippen LogP contribution >= 0.6 is 0 Å². The quantitative estimate of drug-likeness (QED) is 0.815. The Hall–Kier alpha value is -1.31. The summed E-state index contributed by atoms with van der Waals surface area (Å²) >= 11 is 0. The number of halogens is 3. The zero-order valence-corrected chi connectivity index (χ0v) is 12.4. The van der Waals surface area contributed by atoms with Gasteiger partial charge in [-0.2, -0.15) is 13.2 Å². The average molecular weight is 321 g/mol. The third-order valence-electron chi connectivity index (χ3n) is 4.55. The van der Waals surface area contributed by atoms with Crippen LogP contribution < -0.4 is 11.1 Å². The van der Waals surface area contributed by atoms with E-state index in [1.807, 2.05) is 0 Å². The minimum absolute atomic E-state index is 0.0123. The van der Waals surface area contributed by atoms with Crippen molar-refractivity contribution in [2.75, 3.05) is 19.6 Å². The summed E-state index contributed by atoms with van der Waals surface area (Å²) < 4.78 is 37.0. The van der Waals surface area contributed by atoms with Crippen molar-refractivity contribution in [1.29, 1.82) is 0 Å². The second-order valence-corrected chi connectivity index (χ2v) is 6.25. The summed E-state index contributed by atoms with van der Waals surface area (Å²) in [6.07, 6.45) is -1.49. The van der Waals surface area contributed by atoms with E-state index in [4.69, 9.17) is 5.73 Å². The lowest BCUT2D eigenvalue weighted by Crippen LogP contribution is -2.47. The van der Waals surface area contributed by atoms with Crippen molar-refractivity contribution in [3.8, 4) is 0 Å². The van der Waals surface area contributed by atoms with Crippen LogP contribution in [0.5, 0.6) is 0 Å². The van der Waals surface area contributed by atoms with Gasteiger partial charge in [0.1, 0.15) is 0 Å². The highest BCUT2D eigenvalue weighted by molar-refractivity contribution is 5.82. The van der Waals surface area contributed by atoms with Gasteiger partial charge in [0.25, 0.3) is 0 Å². The van der Waals surface area contributed by atoms with Crippen LogP contribution in [-0.4, -0.2) is 48.6 Å². The van der Waals surface area contributed by atoms with Crippen molar-refractivity contribution in [3.05, 3.63) is 0 Å². The van der Waals surface area contributed by atoms with E-state index >= 15 is 0 Å². The van der Waals surface area contributed by atoms with Gasteiger partial charge in [-0.15, -0.1) is 0 Å². The number of piperidine rings is 1. The van der Waals surface area contributed by atoms with Gasteiger partial charge < -0.3 is 16.0 Å². The predicted octanol–water partition coefficient (Wildman–Crippen LogP) is 1.03. The molecular formula is C14H22F3N3O2. The van der Waals surface area contributed by atoms with Crippen LogP contribution in [0.1, 0.15) is 32.1 Å². The van der Waals surface area contributed by atoms with Gasteiger partial charge in [-0.25, -0.2) is 0 Å². The third-order valence-corrected chi connectivity index (χ3v) is 4.55. The number of amides is 2. The Balaban J connectivity index is 1.69. The molecule has 0 aromatic rings. The third kappa shape index (κ3) is 4.34. The molecule has 2 fully saturated rings. The smallest absolute Gasteiger partial charge is 0.356 e. The van der Waals surface area contributed by atoms with Gasteiger partial charge in [-0.05, 0) is 38.0 Å². The Morgan fingerprint density at radius 2 is 1.77 bits per heavy atom. The number of carbonyl (C=O) groups is 2. The van der Waals surface area contributed by atoms with Gasteiger partial charge in [-0.3, -0.25) is 9.59 Å². The van der Waals surface area contributed by atoms with Crippen LogP contribution in [0.15, 0.2) is 0 Å². The molecule has 5 nitrogen and oxygen atoms in total. The number of rotatable bonds is 3. The molecule has 2 unspecified atom stereocenters. The second-order valence-electron chi connectivity index (χ2n) is 6.25. The molecule has 1 heterocycles. The Morgan fingerprint density at radius 1 is 1.14 bits per heavy atom. The van der Waals surface area contributed by atoms with E-state index in [-0.39, 0.29) is 36.9 Å². The minimum atomic E-state index is -4.80. The lowest BCUT2D eigenvalue weighted by molar-refractivity contribution is -0.186. The maximum atomic E-state index is 12.3. The summed E-state index contributed by atoms with van der Waals surface area (Å²) in [5.41, 5.74) is 5.77. The van der Waals surface area contributed by atoms with Crippen molar-refractivity contribution in [2.45, 2.75) is 44.3 Å². The van der Waals surface area contributed by atoms with E-state index in [9.17, 15) is 22.8 Å². The molecule has 0 aromatic carbocycles. The normalized spacial score (nSPS) is 27.0. The van der Waals surface area contributed by atoms with Crippen LogP contribution in [0, 0.1) is 11.8 Å². The number of alkyl halides is 3. The Bertz CT molecular complexity index is 420. The van der Waals surface area contributed by atoms with Crippen LogP contribution in [0.3, 0.4) is 0 Å². The number of hydrogen-bond donors (Lipinski definition) is 2. The molecule has 3 N–H and O–H groups in total. The Labute approximate surface area is 127 Å². The van der Waals surface area contributed by atoms with Crippen molar-refractivity contribution >= 4 is 11.8 Å². The highest BCUT2D eigenvalue weighted by Gasteiger charge is 2.43. The van der Waals surface area contributed by atoms with E-state index in [2.05, 4.69) is 5.32 Å². The molecule has 1 aliphatic heterocycles. The molecular weight excluding hydrogens is 299 g/mol. The molecule has 2 rings (SSSR count). The number of likely N-dealkylation sites (tertiary alicyclic amines) is 1. The van der Waals surface area contributed by atoms with E-state index < -0.39 is 12.1 Å². The lowest BCUT2D eigenvalue weighted by Gasteiger charge is -2.32. The maximum absolute atomic E-state index is 12.3. The molecule has 2 aliphatic rings. The molecule has 2 atom stereocenters. The topological polar surface area (TPSA) is 75.4 Å². The molecule has 8 heteroatoms. The zero-order chi connectivity index (χ0) is 16.3. The van der Waals surface area contributed by atoms with E-state index in [1.54, 1.807) is 0 Å². The molecule has 2 amide bonds. The average Bonchev–Trinajstić information content (AvgIpc) is 2.90. The Morgan fingerprint density at radius 3 is 2.27 bits per heavy atom. The van der Waals surface area contributed by atoms with Gasteiger partial charge in [0.15, 0.2) is 0 Å². The summed E-state index contributed by atoms with van der Waals surface area (Å²) in [5, 5.41) is 2.87. The number of nitrogens with one attached hydrogen (secondary N) is 1. The van der Waals surface area contributed by atoms with Crippen molar-refractivity contribution < 1.29 is 22.8 Å². The summed E-state index contributed by atoms with van der Waals surface area (Å²) in [6.45, 7) is 0.638. The van der Waals surface area contributed by atoms with Crippen LogP contribution in [0.4, 0.5) is 13.2 Å². The van der Waals surface area contributed by atoms with Gasteiger partial charge in [0.05, 0.1) is 0 Å². The molecule has 22 heavy (non-hydrogen) atoms. The van der Waals surface area contributed by atoms with E-state index in [0.29, 0.717) is 25.8 Å². The summed E-state index contributed by atoms with van der Waals surface area (Å²) in [4.78, 5) is 23.9. The Kier molecular flexibility index (Phi) is 5.31. The predicted molar refractivity (Wildman–Crippen MR) is 73.7 cm³/mol. The number of carbonyl (C=O) groups excluding carboxylic acids is 2. The number of hydrogen-bond acceptors (Lipinski definition) is 3. The molecule has 1 saturated heterocycles. The molecule has 126 valence electrons. The van der Waals surface area contributed by atoms with Gasteiger partial charge >= 0.3 is 12.1 Å². The first-order valence-electron chi connectivity index (χ1n) is 7.66. The highest BCUT2D eigenvalue weighted by atomic mass is 19.4.